The highest BCUT2D eigenvalue weighted by atomic mass is 16.1. The third-order valence-corrected chi connectivity index (χ3v) is 3.59. The van der Waals surface area contributed by atoms with E-state index in [4.69, 9.17) is 0 Å². The maximum absolute atomic E-state index is 11.8. The first-order valence-corrected chi connectivity index (χ1v) is 7.88. The van der Waals surface area contributed by atoms with Crippen molar-refractivity contribution in [2.45, 2.75) is 71.1 Å². The molecule has 0 aliphatic heterocycles. The van der Waals surface area contributed by atoms with Crippen molar-refractivity contribution in [2.24, 2.45) is 0 Å². The molecule has 106 valence electrons. The van der Waals surface area contributed by atoms with Crippen molar-refractivity contribution in [3.63, 3.8) is 0 Å². The van der Waals surface area contributed by atoms with E-state index in [1.165, 1.54) is 44.1 Å². The van der Waals surface area contributed by atoms with Gasteiger partial charge in [-0.05, 0) is 18.4 Å². The second-order valence-electron chi connectivity index (χ2n) is 5.40. The van der Waals surface area contributed by atoms with E-state index in [9.17, 15) is 4.79 Å². The number of hydrogen-bond acceptors (Lipinski definition) is 1. The molecule has 0 saturated carbocycles. The van der Waals surface area contributed by atoms with Crippen LogP contribution in [0.4, 0.5) is 0 Å². The summed E-state index contributed by atoms with van der Waals surface area (Å²) in [6.45, 7) is 2.24. The molecule has 1 aromatic rings. The van der Waals surface area contributed by atoms with Gasteiger partial charge in [-0.2, -0.15) is 0 Å². The van der Waals surface area contributed by atoms with E-state index in [-0.39, 0.29) is 0 Å². The van der Waals surface area contributed by atoms with E-state index < -0.39 is 0 Å². The minimum Gasteiger partial charge on any atom is -0.300 e. The largest absolute Gasteiger partial charge is 0.300 e. The van der Waals surface area contributed by atoms with Gasteiger partial charge in [0.1, 0.15) is 5.78 Å². The van der Waals surface area contributed by atoms with Crippen LogP contribution in [-0.4, -0.2) is 5.78 Å². The first-order chi connectivity index (χ1) is 9.33. The van der Waals surface area contributed by atoms with Crippen molar-refractivity contribution in [3.8, 4) is 0 Å². The Morgan fingerprint density at radius 3 is 2.16 bits per heavy atom. The van der Waals surface area contributed by atoms with Gasteiger partial charge in [-0.1, -0.05) is 75.8 Å². The number of carbonyl (C=O) groups excluding carboxylic acids is 1. The summed E-state index contributed by atoms with van der Waals surface area (Å²) in [6, 6.07) is 10.3. The number of aryl methyl sites for hydroxylation is 1. The zero-order valence-corrected chi connectivity index (χ0v) is 12.4. The summed E-state index contributed by atoms with van der Waals surface area (Å²) in [5.41, 5.74) is 1.27. The topological polar surface area (TPSA) is 17.1 Å². The van der Waals surface area contributed by atoms with Gasteiger partial charge in [-0.15, -0.1) is 0 Å². The van der Waals surface area contributed by atoms with Crippen LogP contribution >= 0.6 is 0 Å². The molecule has 0 spiro atoms. The molecule has 0 aliphatic rings. The zero-order valence-electron chi connectivity index (χ0n) is 12.4. The van der Waals surface area contributed by atoms with Crippen molar-refractivity contribution >= 4 is 5.78 Å². The van der Waals surface area contributed by atoms with Gasteiger partial charge in [-0.25, -0.2) is 0 Å². The molecule has 0 unspecified atom stereocenters. The molecule has 1 aromatic carbocycles. The van der Waals surface area contributed by atoms with Gasteiger partial charge in [0.2, 0.25) is 0 Å². The Morgan fingerprint density at radius 1 is 0.842 bits per heavy atom. The van der Waals surface area contributed by atoms with Gasteiger partial charge in [0.05, 0.1) is 0 Å². The van der Waals surface area contributed by atoms with Crippen LogP contribution in [0, 0.1) is 0 Å². The van der Waals surface area contributed by atoms with E-state index in [1.54, 1.807) is 0 Å². The molecule has 0 atom stereocenters. The van der Waals surface area contributed by atoms with E-state index in [2.05, 4.69) is 19.1 Å². The molecule has 0 amide bonds. The number of hydrogen-bond donors (Lipinski definition) is 0. The predicted molar refractivity (Wildman–Crippen MR) is 82.4 cm³/mol. The van der Waals surface area contributed by atoms with Crippen LogP contribution in [0.1, 0.15) is 70.3 Å². The summed E-state index contributed by atoms with van der Waals surface area (Å²) in [4.78, 5) is 11.8. The Morgan fingerprint density at radius 2 is 1.47 bits per heavy atom. The molecule has 0 heterocycles. The van der Waals surface area contributed by atoms with Crippen molar-refractivity contribution < 1.29 is 4.79 Å². The fourth-order valence-electron chi connectivity index (χ4n) is 2.33. The zero-order chi connectivity index (χ0) is 13.8. The van der Waals surface area contributed by atoms with Crippen LogP contribution in [0.5, 0.6) is 0 Å². The van der Waals surface area contributed by atoms with E-state index >= 15 is 0 Å². The molecule has 19 heavy (non-hydrogen) atoms. The summed E-state index contributed by atoms with van der Waals surface area (Å²) in [5, 5.41) is 0. The molecule has 1 nitrogen and oxygen atoms in total. The normalized spacial score (nSPS) is 10.6. The van der Waals surface area contributed by atoms with Crippen molar-refractivity contribution in [2.75, 3.05) is 0 Å². The Kier molecular flexibility index (Phi) is 9.05. The quantitative estimate of drug-likeness (QED) is 0.491. The van der Waals surface area contributed by atoms with Gasteiger partial charge in [0.15, 0.2) is 0 Å². The summed E-state index contributed by atoms with van der Waals surface area (Å²) in [5.74, 6) is 0.428. The Balaban J connectivity index is 1.96. The molecule has 0 fully saturated rings. The predicted octanol–water partition coefficient (Wildman–Crippen LogP) is 5.33. The summed E-state index contributed by atoms with van der Waals surface area (Å²) >= 11 is 0. The average Bonchev–Trinajstić information content (AvgIpc) is 2.45. The molecule has 0 aromatic heterocycles. The van der Waals surface area contributed by atoms with E-state index in [0.717, 1.165) is 19.3 Å². The monoisotopic (exact) mass is 260 g/mol. The first kappa shape index (κ1) is 15.9. The molecule has 0 saturated heterocycles. The van der Waals surface area contributed by atoms with Gasteiger partial charge >= 0.3 is 0 Å². The molecule has 1 rings (SSSR count). The van der Waals surface area contributed by atoms with Crippen LogP contribution in [0.25, 0.3) is 0 Å². The number of benzene rings is 1. The van der Waals surface area contributed by atoms with Crippen LogP contribution in [-0.2, 0) is 11.2 Å². The van der Waals surface area contributed by atoms with Gasteiger partial charge < -0.3 is 0 Å². The summed E-state index contributed by atoms with van der Waals surface area (Å²) < 4.78 is 0. The molecule has 1 heteroatoms. The van der Waals surface area contributed by atoms with E-state index in [0.29, 0.717) is 12.2 Å². The van der Waals surface area contributed by atoms with E-state index in [1.807, 2.05) is 18.2 Å². The Labute approximate surface area is 118 Å². The molecular formula is C18H28O. The number of ketones is 1. The molecule has 0 aliphatic carbocycles. The molecule has 0 bridgehead atoms. The lowest BCUT2D eigenvalue weighted by Gasteiger charge is -2.02. The highest BCUT2D eigenvalue weighted by molar-refractivity contribution is 5.78. The van der Waals surface area contributed by atoms with Crippen molar-refractivity contribution in [3.05, 3.63) is 35.9 Å². The SMILES string of the molecule is CCCCCCCCCC(=O)CCc1ccccc1. The molecule has 0 radical (unpaired) electrons. The second-order valence-corrected chi connectivity index (χ2v) is 5.40. The average molecular weight is 260 g/mol. The minimum absolute atomic E-state index is 0.428. The second kappa shape index (κ2) is 10.8. The van der Waals surface area contributed by atoms with Gasteiger partial charge in [-0.3, -0.25) is 4.79 Å². The van der Waals surface area contributed by atoms with Gasteiger partial charge in [0.25, 0.3) is 0 Å². The molecule has 0 N–H and O–H groups in total. The number of rotatable bonds is 11. The maximum Gasteiger partial charge on any atom is 0.133 e. The third-order valence-electron chi connectivity index (χ3n) is 3.59. The fraction of sp³-hybridized carbons (Fsp3) is 0.611. The minimum atomic E-state index is 0.428. The highest BCUT2D eigenvalue weighted by Crippen LogP contribution is 2.10. The van der Waals surface area contributed by atoms with Crippen LogP contribution in [0.15, 0.2) is 30.3 Å². The lowest BCUT2D eigenvalue weighted by Crippen LogP contribution is -2.00. The number of unbranched alkanes of at least 4 members (excludes halogenated alkanes) is 6. The summed E-state index contributed by atoms with van der Waals surface area (Å²) in [6.07, 6.45) is 11.3. The molecular weight excluding hydrogens is 232 g/mol. The standard InChI is InChI=1S/C18H28O/c1-2-3-4-5-6-7-11-14-18(19)16-15-17-12-9-8-10-13-17/h8-10,12-13H,2-7,11,14-16H2,1H3. The smallest absolute Gasteiger partial charge is 0.133 e. The number of Topliss-reactive ketones (excluding diaryl/α,β-unsaturated/α-hetero) is 1. The Bertz CT molecular complexity index is 329. The Hall–Kier alpha value is -1.11. The van der Waals surface area contributed by atoms with Gasteiger partial charge in [0, 0.05) is 12.8 Å². The first-order valence-electron chi connectivity index (χ1n) is 7.88. The highest BCUT2D eigenvalue weighted by Gasteiger charge is 2.02. The lowest BCUT2D eigenvalue weighted by atomic mass is 10.0. The van der Waals surface area contributed by atoms with Crippen LogP contribution in [0.2, 0.25) is 0 Å². The summed E-state index contributed by atoms with van der Waals surface area (Å²) in [7, 11) is 0. The third kappa shape index (κ3) is 8.58. The van der Waals surface area contributed by atoms with Crippen molar-refractivity contribution in [1.29, 1.82) is 0 Å². The van der Waals surface area contributed by atoms with Crippen molar-refractivity contribution in [1.82, 2.24) is 0 Å². The van der Waals surface area contributed by atoms with Crippen LogP contribution < -0.4 is 0 Å². The number of carbonyl (C=O) groups is 1. The lowest BCUT2D eigenvalue weighted by molar-refractivity contribution is -0.119. The maximum atomic E-state index is 11.8. The fourth-order valence-corrected chi connectivity index (χ4v) is 2.33. The van der Waals surface area contributed by atoms with Crippen LogP contribution in [0.3, 0.4) is 0 Å².